The highest BCUT2D eigenvalue weighted by atomic mass is 19.4. The van der Waals surface area contributed by atoms with Crippen LogP contribution in [0.1, 0.15) is 32.3 Å². The van der Waals surface area contributed by atoms with E-state index >= 15 is 0 Å². The summed E-state index contributed by atoms with van der Waals surface area (Å²) in [5.74, 6) is -0.517. The Morgan fingerprint density at radius 1 is 1.39 bits per heavy atom. The molecule has 0 aliphatic heterocycles. The minimum absolute atomic E-state index is 0.273. The Bertz CT molecular complexity index is 573. The maximum atomic E-state index is 12.9. The van der Waals surface area contributed by atoms with Gasteiger partial charge in [0.25, 0.3) is 5.91 Å². The number of carbonyl (C=O) groups is 1. The van der Waals surface area contributed by atoms with E-state index < -0.39 is 29.3 Å². The van der Waals surface area contributed by atoms with Crippen molar-refractivity contribution >= 4 is 5.91 Å². The molecule has 7 heteroatoms. The molecule has 0 radical (unpaired) electrons. The van der Waals surface area contributed by atoms with Crippen molar-refractivity contribution in [3.05, 3.63) is 29.8 Å². The highest BCUT2D eigenvalue weighted by molar-refractivity contribution is 5.81. The Kier molecular flexibility index (Phi) is 4.89. The smallest absolute Gasteiger partial charge is 0.419 e. The molecule has 3 N–H and O–H groups in total. The number of nitrogens with one attached hydrogen (secondary N) is 1. The Morgan fingerprint density at radius 2 is 2.00 bits per heavy atom. The zero-order valence-electron chi connectivity index (χ0n) is 13.1. The Balaban J connectivity index is 2.07. The molecule has 4 nitrogen and oxygen atoms in total. The van der Waals surface area contributed by atoms with E-state index in [0.29, 0.717) is 5.92 Å². The third-order valence-electron chi connectivity index (χ3n) is 4.18. The minimum Gasteiger partial charge on any atom is -0.480 e. The zero-order chi connectivity index (χ0) is 17.3. The van der Waals surface area contributed by atoms with Crippen molar-refractivity contribution in [2.75, 3.05) is 6.54 Å². The summed E-state index contributed by atoms with van der Waals surface area (Å²) in [6.07, 6.45) is -3.62. The predicted octanol–water partition coefficient (Wildman–Crippen LogP) is 2.72. The quantitative estimate of drug-likeness (QED) is 0.843. The molecule has 1 saturated carbocycles. The number of amides is 1. The molecule has 0 spiro atoms. The molecule has 1 aromatic rings. The first-order chi connectivity index (χ1) is 10.7. The number of nitrogens with two attached hydrogens (primary N) is 1. The van der Waals surface area contributed by atoms with Crippen molar-refractivity contribution in [1.82, 2.24) is 5.32 Å². The lowest BCUT2D eigenvalue weighted by atomic mass is 9.95. The van der Waals surface area contributed by atoms with Crippen LogP contribution in [0.25, 0.3) is 0 Å². The van der Waals surface area contributed by atoms with Crippen LogP contribution in [0.3, 0.4) is 0 Å². The fourth-order valence-electron chi connectivity index (χ4n) is 2.47. The molecule has 1 aliphatic rings. The fraction of sp³-hybridized carbons (Fsp3) is 0.562. The van der Waals surface area contributed by atoms with Gasteiger partial charge in [-0.25, -0.2) is 0 Å². The second-order valence-electron chi connectivity index (χ2n) is 6.14. The van der Waals surface area contributed by atoms with Gasteiger partial charge < -0.3 is 15.8 Å². The molecule has 0 aromatic heterocycles. The summed E-state index contributed by atoms with van der Waals surface area (Å²) in [5, 5.41) is 2.81. The van der Waals surface area contributed by atoms with Crippen LogP contribution < -0.4 is 15.8 Å². The molecule has 0 heterocycles. The van der Waals surface area contributed by atoms with Gasteiger partial charge in [-0.1, -0.05) is 12.1 Å². The number of benzene rings is 1. The Labute approximate surface area is 133 Å². The van der Waals surface area contributed by atoms with E-state index in [1.807, 2.05) is 6.92 Å². The minimum atomic E-state index is -4.54. The van der Waals surface area contributed by atoms with Crippen molar-refractivity contribution < 1.29 is 22.7 Å². The van der Waals surface area contributed by atoms with Gasteiger partial charge in [0, 0.05) is 6.54 Å². The lowest BCUT2D eigenvalue weighted by Gasteiger charge is -2.31. The molecule has 0 bridgehead atoms. The van der Waals surface area contributed by atoms with E-state index in [9.17, 15) is 18.0 Å². The van der Waals surface area contributed by atoms with Gasteiger partial charge in [-0.3, -0.25) is 4.79 Å². The van der Waals surface area contributed by atoms with Crippen molar-refractivity contribution in [3.8, 4) is 5.75 Å². The summed E-state index contributed by atoms with van der Waals surface area (Å²) in [6.45, 7) is 3.54. The van der Waals surface area contributed by atoms with Gasteiger partial charge in [0.2, 0.25) is 0 Å². The van der Waals surface area contributed by atoms with Gasteiger partial charge in [-0.15, -0.1) is 0 Å². The third-order valence-corrected chi connectivity index (χ3v) is 4.18. The first-order valence-corrected chi connectivity index (χ1v) is 7.52. The average Bonchev–Trinajstić information content (AvgIpc) is 3.31. The van der Waals surface area contributed by atoms with E-state index in [1.54, 1.807) is 0 Å². The second kappa shape index (κ2) is 6.39. The lowest BCUT2D eigenvalue weighted by Crippen LogP contribution is -2.56. The van der Waals surface area contributed by atoms with Crippen LogP contribution in [0.4, 0.5) is 13.2 Å². The fourth-order valence-corrected chi connectivity index (χ4v) is 2.47. The van der Waals surface area contributed by atoms with Gasteiger partial charge in [-0.2, -0.15) is 13.2 Å². The van der Waals surface area contributed by atoms with Gasteiger partial charge in [-0.05, 0) is 44.7 Å². The SMILES string of the molecule is CC(Oc1ccccc1C(F)(F)F)C(=O)NC(C)(CN)C1CC1. The number of para-hydroxylation sites is 1. The number of ether oxygens (including phenoxy) is 1. The molecule has 2 rings (SSSR count). The molecule has 1 amide bonds. The van der Waals surface area contributed by atoms with Crippen LogP contribution in [-0.4, -0.2) is 24.1 Å². The molecule has 2 unspecified atom stereocenters. The first-order valence-electron chi connectivity index (χ1n) is 7.52. The predicted molar refractivity (Wildman–Crippen MR) is 79.9 cm³/mol. The Hall–Kier alpha value is -1.76. The summed E-state index contributed by atoms with van der Waals surface area (Å²) < 4.78 is 44.1. The molecule has 2 atom stereocenters. The summed E-state index contributed by atoms with van der Waals surface area (Å²) in [5.41, 5.74) is 4.28. The van der Waals surface area contributed by atoms with Gasteiger partial charge in [0.15, 0.2) is 6.10 Å². The average molecular weight is 330 g/mol. The summed E-state index contributed by atoms with van der Waals surface area (Å²) in [4.78, 5) is 12.2. The molecule has 0 saturated heterocycles. The van der Waals surface area contributed by atoms with Crippen molar-refractivity contribution in [2.24, 2.45) is 11.7 Å². The van der Waals surface area contributed by atoms with E-state index in [2.05, 4.69) is 5.32 Å². The molecule has 23 heavy (non-hydrogen) atoms. The number of rotatable bonds is 6. The number of alkyl halides is 3. The van der Waals surface area contributed by atoms with Crippen LogP contribution in [-0.2, 0) is 11.0 Å². The largest absolute Gasteiger partial charge is 0.480 e. The zero-order valence-corrected chi connectivity index (χ0v) is 13.1. The third kappa shape index (κ3) is 4.16. The van der Waals surface area contributed by atoms with Gasteiger partial charge in [0.05, 0.1) is 11.1 Å². The number of hydrogen-bond donors (Lipinski definition) is 2. The van der Waals surface area contributed by atoms with Crippen LogP contribution >= 0.6 is 0 Å². The van der Waals surface area contributed by atoms with Crippen molar-refractivity contribution in [2.45, 2.75) is 44.5 Å². The van der Waals surface area contributed by atoms with E-state index in [1.165, 1.54) is 25.1 Å². The van der Waals surface area contributed by atoms with Crippen LogP contribution in [0.15, 0.2) is 24.3 Å². The van der Waals surface area contributed by atoms with Crippen LogP contribution in [0, 0.1) is 5.92 Å². The second-order valence-corrected chi connectivity index (χ2v) is 6.14. The Morgan fingerprint density at radius 3 is 2.52 bits per heavy atom. The van der Waals surface area contributed by atoms with Gasteiger partial charge in [0.1, 0.15) is 5.75 Å². The number of hydrogen-bond acceptors (Lipinski definition) is 3. The topological polar surface area (TPSA) is 64.3 Å². The molecule has 1 aliphatic carbocycles. The maximum Gasteiger partial charge on any atom is 0.419 e. The molecule has 1 aromatic carbocycles. The summed E-state index contributed by atoms with van der Waals surface area (Å²) in [6, 6.07) is 4.84. The lowest BCUT2D eigenvalue weighted by molar-refractivity contribution is -0.141. The van der Waals surface area contributed by atoms with Gasteiger partial charge >= 0.3 is 6.18 Å². The molecule has 128 valence electrons. The van der Waals surface area contributed by atoms with Crippen molar-refractivity contribution in [3.63, 3.8) is 0 Å². The normalized spacial score (nSPS) is 18.9. The molecular weight excluding hydrogens is 309 g/mol. The van der Waals surface area contributed by atoms with E-state index in [4.69, 9.17) is 10.5 Å². The number of halogens is 3. The first kappa shape index (κ1) is 17.6. The monoisotopic (exact) mass is 330 g/mol. The number of carbonyl (C=O) groups excluding carboxylic acids is 1. The summed E-state index contributed by atoms with van der Waals surface area (Å²) >= 11 is 0. The maximum absolute atomic E-state index is 12.9. The van der Waals surface area contributed by atoms with Crippen LogP contribution in [0.5, 0.6) is 5.75 Å². The van der Waals surface area contributed by atoms with Crippen LogP contribution in [0.2, 0.25) is 0 Å². The van der Waals surface area contributed by atoms with E-state index in [-0.39, 0.29) is 12.3 Å². The highest BCUT2D eigenvalue weighted by Gasteiger charge is 2.42. The van der Waals surface area contributed by atoms with E-state index in [0.717, 1.165) is 18.9 Å². The molecular formula is C16H21F3N2O2. The summed E-state index contributed by atoms with van der Waals surface area (Å²) in [7, 11) is 0. The molecule has 1 fully saturated rings. The standard InChI is InChI=1S/C16H21F3N2O2/c1-10(14(22)21-15(2,9-20)11-7-8-11)23-13-6-4-3-5-12(13)16(17,18)19/h3-6,10-11H,7-9,20H2,1-2H3,(H,21,22). The highest BCUT2D eigenvalue weighted by Crippen LogP contribution is 2.39. The van der Waals surface area contributed by atoms with Crippen molar-refractivity contribution in [1.29, 1.82) is 0 Å².